The van der Waals surface area contributed by atoms with E-state index < -0.39 is 11.1 Å². The summed E-state index contributed by atoms with van der Waals surface area (Å²) in [5.41, 5.74) is -0.394. The molecule has 13 heavy (non-hydrogen) atoms. The number of carbonyl (C=O) groups is 1. The quantitative estimate of drug-likeness (QED) is 0.591. The maximum Gasteiger partial charge on any atom is 0.256 e. The Morgan fingerprint density at radius 2 is 2.23 bits per heavy atom. The molecule has 1 aromatic rings. The van der Waals surface area contributed by atoms with E-state index in [0.717, 1.165) is 0 Å². The van der Waals surface area contributed by atoms with Gasteiger partial charge in [-0.05, 0) is 46.3 Å². The van der Waals surface area contributed by atoms with Crippen molar-refractivity contribution in [1.29, 1.82) is 5.26 Å². The molecule has 0 unspecified atom stereocenters. The second-order valence-corrected chi connectivity index (χ2v) is 3.67. The van der Waals surface area contributed by atoms with Crippen LogP contribution in [0.5, 0.6) is 0 Å². The van der Waals surface area contributed by atoms with Crippen LogP contribution in [-0.4, -0.2) is 5.24 Å². The highest BCUT2D eigenvalue weighted by atomic mass is 127. The van der Waals surface area contributed by atoms with E-state index in [1.165, 1.54) is 12.1 Å². The monoisotopic (exact) mass is 309 g/mol. The number of rotatable bonds is 1. The van der Waals surface area contributed by atoms with Crippen LogP contribution in [0.15, 0.2) is 12.1 Å². The first kappa shape index (κ1) is 10.4. The molecule has 0 atom stereocenters. The number of benzene rings is 1. The Kier molecular flexibility index (Phi) is 3.22. The van der Waals surface area contributed by atoms with Crippen LogP contribution in [0, 0.1) is 20.7 Å². The smallest absolute Gasteiger partial charge is 0.256 e. The fourth-order valence-electron chi connectivity index (χ4n) is 0.836. The molecule has 2 nitrogen and oxygen atoms in total. The summed E-state index contributed by atoms with van der Waals surface area (Å²) in [5, 5.41) is 7.60. The molecule has 0 heterocycles. The maximum atomic E-state index is 13.2. The third-order valence-corrected chi connectivity index (χ3v) is 2.43. The first-order chi connectivity index (χ1) is 6.07. The van der Waals surface area contributed by atoms with Crippen molar-refractivity contribution in [3.05, 3.63) is 32.6 Å². The standard InChI is InChI=1S/C8H2ClFINO/c9-8(13)6-4(3-12)1-2-5(11)7(6)10/h1-2H. The fourth-order valence-corrected chi connectivity index (χ4v) is 1.47. The van der Waals surface area contributed by atoms with Gasteiger partial charge in [-0.15, -0.1) is 0 Å². The summed E-state index contributed by atoms with van der Waals surface area (Å²) < 4.78 is 13.5. The molecule has 0 amide bonds. The Bertz CT molecular complexity index is 413. The molecule has 1 rings (SSSR count). The van der Waals surface area contributed by atoms with E-state index in [9.17, 15) is 9.18 Å². The van der Waals surface area contributed by atoms with E-state index in [4.69, 9.17) is 16.9 Å². The zero-order valence-corrected chi connectivity index (χ0v) is 9.06. The van der Waals surface area contributed by atoms with Gasteiger partial charge in [-0.2, -0.15) is 5.26 Å². The van der Waals surface area contributed by atoms with Gasteiger partial charge in [0.05, 0.1) is 11.1 Å². The molecule has 0 spiro atoms. The van der Waals surface area contributed by atoms with Crippen LogP contribution in [-0.2, 0) is 0 Å². The van der Waals surface area contributed by atoms with Crippen molar-refractivity contribution in [3.63, 3.8) is 0 Å². The molecule has 0 aromatic heterocycles. The second kappa shape index (κ2) is 4.03. The molecule has 0 fully saturated rings. The first-order valence-corrected chi connectivity index (χ1v) is 4.61. The molecule has 0 bridgehead atoms. The largest absolute Gasteiger partial charge is 0.275 e. The van der Waals surface area contributed by atoms with Crippen molar-refractivity contribution in [2.24, 2.45) is 0 Å². The van der Waals surface area contributed by atoms with Gasteiger partial charge < -0.3 is 0 Å². The van der Waals surface area contributed by atoms with Crippen LogP contribution >= 0.6 is 34.2 Å². The van der Waals surface area contributed by atoms with Crippen molar-refractivity contribution in [1.82, 2.24) is 0 Å². The molecule has 0 aliphatic heterocycles. The molecule has 0 N–H and O–H groups in total. The van der Waals surface area contributed by atoms with E-state index in [2.05, 4.69) is 0 Å². The zero-order chi connectivity index (χ0) is 10.0. The highest BCUT2D eigenvalue weighted by Crippen LogP contribution is 2.20. The molecule has 0 saturated heterocycles. The summed E-state index contributed by atoms with van der Waals surface area (Å²) in [4.78, 5) is 10.8. The average molecular weight is 309 g/mol. The predicted octanol–water partition coefficient (Wildman–Crippen LogP) is 2.68. The number of nitriles is 1. The summed E-state index contributed by atoms with van der Waals surface area (Å²) in [6.45, 7) is 0. The van der Waals surface area contributed by atoms with Crippen molar-refractivity contribution >= 4 is 39.4 Å². The summed E-state index contributed by atoms with van der Waals surface area (Å²) >= 11 is 6.85. The number of carbonyl (C=O) groups excluding carboxylic acids is 1. The van der Waals surface area contributed by atoms with Gasteiger partial charge in [0.2, 0.25) is 0 Å². The predicted molar refractivity (Wildman–Crippen MR) is 54.0 cm³/mol. The Morgan fingerprint density at radius 3 is 2.69 bits per heavy atom. The molecule has 1 aromatic carbocycles. The van der Waals surface area contributed by atoms with Crippen LogP contribution in [0.25, 0.3) is 0 Å². The lowest BCUT2D eigenvalue weighted by Crippen LogP contribution is -2.01. The van der Waals surface area contributed by atoms with Gasteiger partial charge in [0.25, 0.3) is 5.24 Å². The van der Waals surface area contributed by atoms with Crippen LogP contribution in [0.4, 0.5) is 4.39 Å². The lowest BCUT2D eigenvalue weighted by molar-refractivity contribution is 0.107. The van der Waals surface area contributed by atoms with E-state index in [1.807, 2.05) is 0 Å². The van der Waals surface area contributed by atoms with Gasteiger partial charge in [0.15, 0.2) is 0 Å². The average Bonchev–Trinajstić information content (AvgIpc) is 2.08. The van der Waals surface area contributed by atoms with Crippen molar-refractivity contribution in [3.8, 4) is 6.07 Å². The molecule has 66 valence electrons. The van der Waals surface area contributed by atoms with E-state index >= 15 is 0 Å². The first-order valence-electron chi connectivity index (χ1n) is 3.16. The van der Waals surface area contributed by atoms with Gasteiger partial charge in [0, 0.05) is 3.57 Å². The van der Waals surface area contributed by atoms with Crippen LogP contribution in [0.1, 0.15) is 15.9 Å². The topological polar surface area (TPSA) is 40.9 Å². The maximum absolute atomic E-state index is 13.2. The lowest BCUT2D eigenvalue weighted by atomic mass is 10.1. The molecule has 0 saturated carbocycles. The molecule has 5 heteroatoms. The number of hydrogen-bond acceptors (Lipinski definition) is 2. The van der Waals surface area contributed by atoms with Crippen molar-refractivity contribution in [2.45, 2.75) is 0 Å². The van der Waals surface area contributed by atoms with Gasteiger partial charge >= 0.3 is 0 Å². The Balaban J connectivity index is 3.53. The minimum Gasteiger partial charge on any atom is -0.275 e. The number of halogens is 3. The highest BCUT2D eigenvalue weighted by Gasteiger charge is 2.17. The van der Waals surface area contributed by atoms with Crippen LogP contribution in [0.3, 0.4) is 0 Å². The molecular weight excluding hydrogens is 307 g/mol. The van der Waals surface area contributed by atoms with Crippen molar-refractivity contribution in [2.75, 3.05) is 0 Å². The molecule has 0 radical (unpaired) electrons. The summed E-state index contributed by atoms with van der Waals surface area (Å²) in [5.74, 6) is -0.736. The summed E-state index contributed by atoms with van der Waals surface area (Å²) in [6, 6.07) is 4.47. The minimum atomic E-state index is -0.951. The number of hydrogen-bond donors (Lipinski definition) is 0. The second-order valence-electron chi connectivity index (χ2n) is 2.17. The van der Waals surface area contributed by atoms with Gasteiger partial charge in [-0.25, -0.2) is 4.39 Å². The SMILES string of the molecule is N#Cc1ccc(I)c(F)c1C(=O)Cl. The zero-order valence-electron chi connectivity index (χ0n) is 6.14. The van der Waals surface area contributed by atoms with E-state index in [0.29, 0.717) is 0 Å². The third-order valence-electron chi connectivity index (χ3n) is 1.41. The third kappa shape index (κ3) is 1.98. The van der Waals surface area contributed by atoms with E-state index in [1.54, 1.807) is 28.7 Å². The normalized spacial score (nSPS) is 9.38. The lowest BCUT2D eigenvalue weighted by Gasteiger charge is -2.01. The Hall–Kier alpha value is -0.670. The van der Waals surface area contributed by atoms with Crippen molar-refractivity contribution < 1.29 is 9.18 Å². The number of nitrogens with zero attached hydrogens (tertiary/aromatic N) is 1. The molecule has 0 aliphatic rings. The molecule has 0 aliphatic carbocycles. The Morgan fingerprint density at radius 1 is 1.62 bits per heavy atom. The van der Waals surface area contributed by atoms with Crippen LogP contribution < -0.4 is 0 Å². The van der Waals surface area contributed by atoms with Gasteiger partial charge in [-0.1, -0.05) is 0 Å². The van der Waals surface area contributed by atoms with E-state index in [-0.39, 0.29) is 14.7 Å². The summed E-state index contributed by atoms with van der Waals surface area (Å²) in [6.07, 6.45) is 0. The Labute approximate surface area is 92.4 Å². The van der Waals surface area contributed by atoms with Crippen LogP contribution in [0.2, 0.25) is 0 Å². The minimum absolute atomic E-state index is 0.0436. The van der Waals surface area contributed by atoms with Gasteiger partial charge in [0.1, 0.15) is 11.9 Å². The van der Waals surface area contributed by atoms with Gasteiger partial charge in [-0.3, -0.25) is 4.79 Å². The highest BCUT2D eigenvalue weighted by molar-refractivity contribution is 14.1. The molecular formula is C8H2ClFINO. The summed E-state index contributed by atoms with van der Waals surface area (Å²) in [7, 11) is 0. The fraction of sp³-hybridized carbons (Fsp3) is 0.